The summed E-state index contributed by atoms with van der Waals surface area (Å²) in [6.07, 6.45) is 6.28. The molecular formula is C23H24FN2O2S2+. The van der Waals surface area contributed by atoms with Crippen LogP contribution in [0.4, 0.5) is 10.1 Å². The molecule has 4 nitrogen and oxygen atoms in total. The minimum atomic E-state index is -0.508. The Morgan fingerprint density at radius 1 is 1.23 bits per heavy atom. The van der Waals surface area contributed by atoms with Gasteiger partial charge in [-0.1, -0.05) is 41.3 Å². The molecule has 1 aliphatic rings. The summed E-state index contributed by atoms with van der Waals surface area (Å²) in [6, 6.07) is 14.2. The summed E-state index contributed by atoms with van der Waals surface area (Å²) >= 11 is 3.41. The third-order valence-electron chi connectivity index (χ3n) is 4.80. The van der Waals surface area contributed by atoms with E-state index in [0.717, 1.165) is 21.8 Å². The van der Waals surface area contributed by atoms with Gasteiger partial charge in [-0.2, -0.15) is 4.57 Å². The van der Waals surface area contributed by atoms with Crippen LogP contribution in [0.1, 0.15) is 11.9 Å². The van der Waals surface area contributed by atoms with E-state index in [9.17, 15) is 9.50 Å². The smallest absolute Gasteiger partial charge is 0.262 e. The SMILES string of the molecule is CCN1/C(=C/C=C/c2sc3cc(OCC[18F])ccc3[n+]2CCO)Sc2ccccc21. The molecule has 4 rings (SSSR count). The molecule has 7 heteroatoms. The molecule has 0 amide bonds. The molecule has 156 valence electrons. The van der Waals surface area contributed by atoms with E-state index in [4.69, 9.17) is 4.74 Å². The Morgan fingerprint density at radius 3 is 2.90 bits per heavy atom. The molecule has 2 heterocycles. The number of hydrogen-bond acceptors (Lipinski definition) is 5. The zero-order valence-electron chi connectivity index (χ0n) is 16.8. The molecule has 0 atom stereocenters. The molecule has 0 fully saturated rings. The number of thioether (sulfide) groups is 1. The number of benzene rings is 2. The first-order valence-electron chi connectivity index (χ1n) is 9.94. The number of aliphatic hydroxyl groups excluding tert-OH is 1. The van der Waals surface area contributed by atoms with Crippen LogP contribution < -0.4 is 14.2 Å². The van der Waals surface area contributed by atoms with Crippen LogP contribution in [-0.2, 0) is 6.54 Å². The van der Waals surface area contributed by atoms with Crippen molar-refractivity contribution in [1.82, 2.24) is 0 Å². The summed E-state index contributed by atoms with van der Waals surface area (Å²) in [5, 5.41) is 11.8. The molecule has 30 heavy (non-hydrogen) atoms. The molecule has 0 spiro atoms. The molecule has 1 aromatic heterocycles. The lowest BCUT2D eigenvalue weighted by Gasteiger charge is -2.17. The predicted molar refractivity (Wildman–Crippen MR) is 123 cm³/mol. The van der Waals surface area contributed by atoms with Crippen LogP contribution in [0.15, 0.2) is 64.5 Å². The monoisotopic (exact) mass is 442 g/mol. The van der Waals surface area contributed by atoms with E-state index in [1.54, 1.807) is 23.1 Å². The van der Waals surface area contributed by atoms with Crippen LogP contribution in [-0.4, -0.2) is 31.5 Å². The van der Waals surface area contributed by atoms with Crippen molar-refractivity contribution in [1.29, 1.82) is 0 Å². The first-order valence-corrected chi connectivity index (χ1v) is 11.6. The van der Waals surface area contributed by atoms with E-state index in [-0.39, 0.29) is 13.2 Å². The number of thiazole rings is 1. The Kier molecular flexibility index (Phi) is 6.72. The van der Waals surface area contributed by atoms with Crippen molar-refractivity contribution in [2.45, 2.75) is 18.4 Å². The van der Waals surface area contributed by atoms with Crippen LogP contribution >= 0.6 is 23.1 Å². The van der Waals surface area contributed by atoms with Gasteiger partial charge in [0.05, 0.1) is 10.7 Å². The maximum absolute atomic E-state index is 12.4. The number of para-hydroxylation sites is 1. The van der Waals surface area contributed by atoms with Gasteiger partial charge in [-0.3, -0.25) is 0 Å². The maximum Gasteiger partial charge on any atom is 0.262 e. The van der Waals surface area contributed by atoms with Crippen molar-refractivity contribution in [2.75, 3.05) is 31.3 Å². The maximum atomic E-state index is 12.4. The van der Waals surface area contributed by atoms with Crippen molar-refractivity contribution >= 4 is 45.1 Å². The Morgan fingerprint density at radius 2 is 2.10 bits per heavy atom. The second kappa shape index (κ2) is 9.64. The van der Waals surface area contributed by atoms with Crippen molar-refractivity contribution in [3.63, 3.8) is 0 Å². The summed E-state index contributed by atoms with van der Waals surface area (Å²) < 4.78 is 21.0. The van der Waals surface area contributed by atoms with Crippen molar-refractivity contribution in [3.05, 3.63) is 64.7 Å². The number of anilines is 1. The van der Waals surface area contributed by atoms with E-state index in [2.05, 4.69) is 58.9 Å². The first kappa shape index (κ1) is 20.9. The van der Waals surface area contributed by atoms with Gasteiger partial charge in [0.2, 0.25) is 5.52 Å². The number of aromatic nitrogens is 1. The number of rotatable bonds is 8. The molecule has 0 unspecified atom stereocenters. The van der Waals surface area contributed by atoms with Gasteiger partial charge in [-0.25, -0.2) is 4.39 Å². The molecule has 3 aromatic rings. The Bertz CT molecular complexity index is 1090. The Labute approximate surface area is 183 Å². The lowest BCUT2D eigenvalue weighted by atomic mass is 10.3. The van der Waals surface area contributed by atoms with Crippen molar-refractivity contribution in [3.8, 4) is 5.75 Å². The third-order valence-corrected chi connectivity index (χ3v) is 7.05. The van der Waals surface area contributed by atoms with Gasteiger partial charge in [0.15, 0.2) is 6.54 Å². The highest BCUT2D eigenvalue weighted by atomic mass is 32.2. The third kappa shape index (κ3) is 4.24. The second-order valence-electron chi connectivity index (χ2n) is 6.66. The molecule has 0 radical (unpaired) electrons. The quantitative estimate of drug-likeness (QED) is 0.497. The Hall–Kier alpha value is -2.35. The zero-order chi connectivity index (χ0) is 20.9. The average Bonchev–Trinajstić information content (AvgIpc) is 3.29. The van der Waals surface area contributed by atoms with Crippen LogP contribution in [0.2, 0.25) is 0 Å². The van der Waals surface area contributed by atoms with Gasteiger partial charge in [-0.15, -0.1) is 0 Å². The highest BCUT2D eigenvalue weighted by Gasteiger charge is 2.23. The van der Waals surface area contributed by atoms with Crippen LogP contribution in [0.5, 0.6) is 5.75 Å². The van der Waals surface area contributed by atoms with E-state index < -0.39 is 6.67 Å². The summed E-state index contributed by atoms with van der Waals surface area (Å²) in [5.74, 6) is 0.661. The predicted octanol–water partition coefficient (Wildman–Crippen LogP) is 5.02. The fourth-order valence-corrected chi connectivity index (χ4v) is 5.77. The van der Waals surface area contributed by atoms with E-state index in [1.807, 2.05) is 18.2 Å². The van der Waals surface area contributed by atoms with Crippen LogP contribution in [0.3, 0.4) is 0 Å². The fourth-order valence-electron chi connectivity index (χ4n) is 3.50. The van der Waals surface area contributed by atoms with E-state index >= 15 is 0 Å². The molecule has 0 saturated heterocycles. The van der Waals surface area contributed by atoms with Crippen LogP contribution in [0.25, 0.3) is 16.3 Å². The average molecular weight is 443 g/mol. The number of nitrogens with zero attached hydrogens (tertiary/aromatic N) is 2. The molecular weight excluding hydrogens is 418 g/mol. The van der Waals surface area contributed by atoms with Crippen molar-refractivity contribution < 1.29 is 18.8 Å². The molecule has 1 aliphatic heterocycles. The number of fused-ring (bicyclic) bond motifs is 2. The van der Waals surface area contributed by atoms with Crippen molar-refractivity contribution in [2.24, 2.45) is 0 Å². The van der Waals surface area contributed by atoms with Gasteiger partial charge in [0.1, 0.15) is 30.3 Å². The summed E-state index contributed by atoms with van der Waals surface area (Å²) in [5.41, 5.74) is 2.29. The summed E-state index contributed by atoms with van der Waals surface area (Å²) in [4.78, 5) is 3.59. The lowest BCUT2D eigenvalue weighted by molar-refractivity contribution is -0.670. The van der Waals surface area contributed by atoms with Gasteiger partial charge >= 0.3 is 0 Å². The zero-order valence-corrected chi connectivity index (χ0v) is 18.4. The number of aliphatic hydroxyl groups is 1. The molecule has 0 aliphatic carbocycles. The van der Waals surface area contributed by atoms with Crippen LogP contribution in [0, 0.1) is 0 Å². The number of alkyl halides is 1. The molecule has 0 bridgehead atoms. The van der Waals surface area contributed by atoms with Gasteiger partial charge in [0, 0.05) is 29.6 Å². The molecule has 1 N–H and O–H groups in total. The minimum absolute atomic E-state index is 0.0574. The van der Waals surface area contributed by atoms with E-state index in [0.29, 0.717) is 12.3 Å². The minimum Gasteiger partial charge on any atom is -0.491 e. The fraction of sp³-hybridized carbons (Fsp3) is 0.261. The van der Waals surface area contributed by atoms with Gasteiger partial charge in [0.25, 0.3) is 5.01 Å². The normalized spacial score (nSPS) is 14.9. The number of allylic oxidation sites excluding steroid dienone is 2. The largest absolute Gasteiger partial charge is 0.491 e. The van der Waals surface area contributed by atoms with Gasteiger partial charge < -0.3 is 14.7 Å². The number of hydrogen-bond donors (Lipinski definition) is 1. The summed E-state index contributed by atoms with van der Waals surface area (Å²) in [6.45, 7) is 3.20. The standard InChI is InChI=1S/C23H24FN2O2S2/c1-2-25-18-6-3-4-7-20(18)29-22(25)8-5-9-23-26(13-14-27)19-11-10-17(28-15-12-24)16-21(19)30-23/h3-11,16,27H,2,12-15H2,1H3/q+1/i24-1. The van der Waals surface area contributed by atoms with Gasteiger partial charge in [-0.05, 0) is 31.2 Å². The lowest BCUT2D eigenvalue weighted by Crippen LogP contribution is -2.36. The topological polar surface area (TPSA) is 36.6 Å². The second-order valence-corrected chi connectivity index (χ2v) is 8.79. The molecule has 0 saturated carbocycles. The Balaban J connectivity index is 1.62. The first-order chi connectivity index (χ1) is 14.7. The van der Waals surface area contributed by atoms with E-state index in [1.165, 1.54) is 15.6 Å². The summed E-state index contributed by atoms with van der Waals surface area (Å²) in [7, 11) is 0. The molecule has 2 aromatic carbocycles. The number of halogens is 1. The highest BCUT2D eigenvalue weighted by molar-refractivity contribution is 8.03. The highest BCUT2D eigenvalue weighted by Crippen LogP contribution is 2.45. The number of ether oxygens (including phenoxy) is 1.